The zero-order valence-electron chi connectivity index (χ0n) is 9.94. The predicted molar refractivity (Wildman–Crippen MR) is 63.8 cm³/mol. The highest BCUT2D eigenvalue weighted by Gasteiger charge is 2.23. The van der Waals surface area contributed by atoms with Crippen molar-refractivity contribution in [2.45, 2.75) is 37.8 Å². The van der Waals surface area contributed by atoms with Crippen molar-refractivity contribution in [1.82, 2.24) is 5.32 Å². The molecule has 2 unspecified atom stereocenters. The van der Waals surface area contributed by atoms with Gasteiger partial charge in [0.1, 0.15) is 11.9 Å². The number of phenolic OH excluding ortho intramolecular Hbond substituents is 1. The van der Waals surface area contributed by atoms with Crippen molar-refractivity contribution >= 4 is 0 Å². The number of fused-ring (bicyclic) bond motifs is 1. The highest BCUT2D eigenvalue weighted by Crippen LogP contribution is 2.31. The van der Waals surface area contributed by atoms with Gasteiger partial charge in [0.05, 0.1) is 0 Å². The smallest absolute Gasteiger partial charge is 0.265 e. The van der Waals surface area contributed by atoms with Crippen LogP contribution in [0.3, 0.4) is 0 Å². The van der Waals surface area contributed by atoms with E-state index in [0.29, 0.717) is 0 Å². The predicted octanol–water partition coefficient (Wildman–Crippen LogP) is 1.99. The Morgan fingerprint density at radius 1 is 1.39 bits per heavy atom. The lowest BCUT2D eigenvalue weighted by Gasteiger charge is -2.27. The Morgan fingerprint density at radius 3 is 2.89 bits per heavy atom. The largest absolute Gasteiger partial charge is 0.508 e. The molecule has 1 aromatic rings. The summed E-state index contributed by atoms with van der Waals surface area (Å²) in [5, 5.41) is 21.5. The second kappa shape index (κ2) is 5.63. The molecule has 0 bridgehead atoms. The topological polar surface area (TPSA) is 52.5 Å². The van der Waals surface area contributed by atoms with Gasteiger partial charge in [-0.1, -0.05) is 6.07 Å². The van der Waals surface area contributed by atoms with Crippen LogP contribution in [0.5, 0.6) is 5.75 Å². The lowest BCUT2D eigenvalue weighted by atomic mass is 9.87. The van der Waals surface area contributed by atoms with Crippen molar-refractivity contribution in [3.8, 4) is 5.75 Å². The van der Waals surface area contributed by atoms with Crippen LogP contribution in [-0.2, 0) is 6.42 Å². The molecule has 0 saturated heterocycles. The molecule has 0 aliphatic heterocycles. The lowest BCUT2D eigenvalue weighted by Crippen LogP contribution is -2.35. The van der Waals surface area contributed by atoms with E-state index in [-0.39, 0.29) is 18.3 Å². The van der Waals surface area contributed by atoms with Gasteiger partial charge in [-0.15, -0.1) is 0 Å². The molecule has 0 radical (unpaired) electrons. The van der Waals surface area contributed by atoms with Crippen molar-refractivity contribution in [2.24, 2.45) is 0 Å². The summed E-state index contributed by atoms with van der Waals surface area (Å²) in [6.07, 6.45) is -1.67. The first-order valence-corrected chi connectivity index (χ1v) is 6.09. The molecular formula is C13H17F2NO2. The van der Waals surface area contributed by atoms with E-state index in [1.54, 1.807) is 12.1 Å². The number of hydrogen-bond acceptors (Lipinski definition) is 3. The fourth-order valence-corrected chi connectivity index (χ4v) is 2.36. The van der Waals surface area contributed by atoms with E-state index < -0.39 is 12.5 Å². The summed E-state index contributed by atoms with van der Waals surface area (Å²) in [5.74, 6) is 0.224. The van der Waals surface area contributed by atoms with E-state index in [1.165, 1.54) is 0 Å². The molecule has 100 valence electrons. The van der Waals surface area contributed by atoms with E-state index in [2.05, 4.69) is 5.32 Å². The number of aliphatic hydroxyl groups is 1. The average molecular weight is 257 g/mol. The van der Waals surface area contributed by atoms with Crippen LogP contribution in [0.4, 0.5) is 8.78 Å². The van der Waals surface area contributed by atoms with Crippen LogP contribution >= 0.6 is 0 Å². The molecule has 0 saturated carbocycles. The van der Waals surface area contributed by atoms with E-state index in [0.717, 1.165) is 30.4 Å². The number of aromatic hydroxyl groups is 1. The lowest BCUT2D eigenvalue weighted by molar-refractivity contribution is -0.00490. The van der Waals surface area contributed by atoms with Gasteiger partial charge < -0.3 is 15.5 Å². The Labute approximate surface area is 104 Å². The van der Waals surface area contributed by atoms with Gasteiger partial charge in [-0.25, -0.2) is 8.78 Å². The van der Waals surface area contributed by atoms with Gasteiger partial charge in [-0.05, 0) is 42.5 Å². The summed E-state index contributed by atoms with van der Waals surface area (Å²) in [5.41, 5.74) is 2.07. The van der Waals surface area contributed by atoms with Crippen LogP contribution in [0.2, 0.25) is 0 Å². The van der Waals surface area contributed by atoms with Crippen molar-refractivity contribution in [3.63, 3.8) is 0 Å². The Kier molecular flexibility index (Phi) is 4.14. The number of aliphatic hydroxyl groups excluding tert-OH is 1. The quantitative estimate of drug-likeness (QED) is 0.773. The zero-order valence-corrected chi connectivity index (χ0v) is 9.94. The Morgan fingerprint density at radius 2 is 2.17 bits per heavy atom. The average Bonchev–Trinajstić information content (AvgIpc) is 2.35. The molecule has 1 aliphatic rings. The van der Waals surface area contributed by atoms with Crippen LogP contribution in [0.25, 0.3) is 0 Å². The highest BCUT2D eigenvalue weighted by atomic mass is 19.3. The Hall–Kier alpha value is -1.20. The Bertz CT molecular complexity index is 412. The molecule has 0 spiro atoms. The molecule has 1 aliphatic carbocycles. The molecule has 3 nitrogen and oxygen atoms in total. The number of hydrogen-bond donors (Lipinski definition) is 3. The molecule has 3 N–H and O–H groups in total. The van der Waals surface area contributed by atoms with Crippen molar-refractivity contribution in [2.75, 3.05) is 6.54 Å². The Balaban J connectivity index is 2.04. The van der Waals surface area contributed by atoms with Gasteiger partial charge in [-0.2, -0.15) is 0 Å². The molecule has 2 atom stereocenters. The summed E-state index contributed by atoms with van der Waals surface area (Å²) in [6.45, 7) is -0.122. The second-order valence-corrected chi connectivity index (χ2v) is 4.64. The number of phenols is 1. The van der Waals surface area contributed by atoms with Gasteiger partial charge in [-0.3, -0.25) is 0 Å². The first-order chi connectivity index (χ1) is 8.58. The molecule has 18 heavy (non-hydrogen) atoms. The van der Waals surface area contributed by atoms with E-state index in [4.69, 9.17) is 5.11 Å². The maximum absolute atomic E-state index is 12.2. The van der Waals surface area contributed by atoms with Gasteiger partial charge in [0.25, 0.3) is 6.43 Å². The standard InChI is InChI=1S/C13H17F2NO2/c14-13(15)12(18)7-16-11-3-1-2-8-6-9(17)4-5-10(8)11/h4-6,11-13,16-18H,1-3,7H2. The number of halogens is 2. The summed E-state index contributed by atoms with van der Waals surface area (Å²) in [7, 11) is 0. The number of rotatable bonds is 4. The number of benzene rings is 1. The molecule has 5 heteroatoms. The van der Waals surface area contributed by atoms with Crippen molar-refractivity contribution in [3.05, 3.63) is 29.3 Å². The molecule has 0 amide bonds. The minimum atomic E-state index is -2.72. The number of aryl methyl sites for hydroxylation is 1. The third kappa shape index (κ3) is 2.97. The SMILES string of the molecule is Oc1ccc2c(c1)CCCC2NCC(O)C(F)F. The van der Waals surface area contributed by atoms with Crippen LogP contribution in [0.1, 0.15) is 30.0 Å². The fourth-order valence-electron chi connectivity index (χ4n) is 2.36. The maximum Gasteiger partial charge on any atom is 0.265 e. The van der Waals surface area contributed by atoms with E-state index in [1.807, 2.05) is 6.07 Å². The van der Waals surface area contributed by atoms with Crippen molar-refractivity contribution < 1.29 is 19.0 Å². The van der Waals surface area contributed by atoms with E-state index >= 15 is 0 Å². The van der Waals surface area contributed by atoms with Crippen LogP contribution in [0, 0.1) is 0 Å². The van der Waals surface area contributed by atoms with Crippen LogP contribution in [-0.4, -0.2) is 29.3 Å². The van der Waals surface area contributed by atoms with Crippen LogP contribution in [0.15, 0.2) is 18.2 Å². The zero-order chi connectivity index (χ0) is 13.1. The first kappa shape index (κ1) is 13.2. The molecule has 0 fully saturated rings. The number of nitrogens with one attached hydrogen (secondary N) is 1. The first-order valence-electron chi connectivity index (χ1n) is 6.09. The maximum atomic E-state index is 12.2. The van der Waals surface area contributed by atoms with Gasteiger partial charge in [0.2, 0.25) is 0 Å². The minimum Gasteiger partial charge on any atom is -0.508 e. The van der Waals surface area contributed by atoms with Crippen LogP contribution < -0.4 is 5.32 Å². The van der Waals surface area contributed by atoms with Gasteiger partial charge in [0.15, 0.2) is 0 Å². The second-order valence-electron chi connectivity index (χ2n) is 4.64. The normalized spacial score (nSPS) is 20.8. The fraction of sp³-hybridized carbons (Fsp3) is 0.538. The molecule has 0 aromatic heterocycles. The number of alkyl halides is 2. The van der Waals surface area contributed by atoms with Gasteiger partial charge >= 0.3 is 0 Å². The summed E-state index contributed by atoms with van der Waals surface area (Å²) in [4.78, 5) is 0. The highest BCUT2D eigenvalue weighted by molar-refractivity contribution is 5.38. The molecule has 0 heterocycles. The third-order valence-corrected chi connectivity index (χ3v) is 3.31. The van der Waals surface area contributed by atoms with Crippen molar-refractivity contribution in [1.29, 1.82) is 0 Å². The molecule has 1 aromatic carbocycles. The summed E-state index contributed by atoms with van der Waals surface area (Å²) < 4.78 is 24.4. The van der Waals surface area contributed by atoms with Gasteiger partial charge in [0, 0.05) is 12.6 Å². The summed E-state index contributed by atoms with van der Waals surface area (Å²) in [6, 6.07) is 5.11. The minimum absolute atomic E-state index is 0.0252. The molecular weight excluding hydrogens is 240 g/mol. The molecule has 2 rings (SSSR count). The summed E-state index contributed by atoms with van der Waals surface area (Å²) >= 11 is 0. The monoisotopic (exact) mass is 257 g/mol. The third-order valence-electron chi connectivity index (χ3n) is 3.31. The van der Waals surface area contributed by atoms with E-state index in [9.17, 15) is 13.9 Å².